The number of amides is 1. The molecule has 4 aromatic carbocycles. The Hall–Kier alpha value is -5.67. The highest BCUT2D eigenvalue weighted by Gasteiger charge is 2.21. The van der Waals surface area contributed by atoms with Crippen LogP contribution in [0.3, 0.4) is 0 Å². The van der Waals surface area contributed by atoms with E-state index in [1.54, 1.807) is 25.1 Å². The van der Waals surface area contributed by atoms with Gasteiger partial charge < -0.3 is 14.6 Å². The van der Waals surface area contributed by atoms with Crippen LogP contribution < -0.4 is 5.32 Å². The minimum atomic E-state index is -0.451. The molecule has 5 aromatic rings. The van der Waals surface area contributed by atoms with E-state index in [2.05, 4.69) is 16.0 Å². The molecule has 0 saturated carbocycles. The topological polar surface area (TPSA) is 84.1 Å². The van der Waals surface area contributed by atoms with Gasteiger partial charge in [-0.1, -0.05) is 91.0 Å². The molecule has 0 radical (unpaired) electrons. The molecular formula is C36H29N3O3. The number of esters is 1. The third-order valence-electron chi connectivity index (χ3n) is 6.74. The maximum absolute atomic E-state index is 13.1. The van der Waals surface area contributed by atoms with Crippen LogP contribution in [0.2, 0.25) is 0 Å². The number of hydrogen-bond acceptors (Lipinski definition) is 4. The van der Waals surface area contributed by atoms with Crippen molar-refractivity contribution in [3.8, 4) is 34.3 Å². The molecule has 0 fully saturated rings. The predicted molar refractivity (Wildman–Crippen MR) is 164 cm³/mol. The van der Waals surface area contributed by atoms with E-state index in [1.807, 2.05) is 109 Å². The zero-order chi connectivity index (χ0) is 29.3. The monoisotopic (exact) mass is 551 g/mol. The number of rotatable bonds is 9. The first-order valence-electron chi connectivity index (χ1n) is 13.7. The van der Waals surface area contributed by atoms with Gasteiger partial charge in [0.05, 0.1) is 23.6 Å². The lowest BCUT2D eigenvalue weighted by Gasteiger charge is -2.15. The van der Waals surface area contributed by atoms with E-state index in [-0.39, 0.29) is 11.5 Å². The second-order valence-corrected chi connectivity index (χ2v) is 9.51. The molecule has 1 aromatic heterocycles. The fraction of sp³-hybridized carbons (Fsp3) is 0.0833. The number of nitrogens with one attached hydrogen (secondary N) is 1. The van der Waals surface area contributed by atoms with Gasteiger partial charge in [0, 0.05) is 17.8 Å². The maximum Gasteiger partial charge on any atom is 0.338 e. The van der Waals surface area contributed by atoms with E-state index in [9.17, 15) is 14.9 Å². The van der Waals surface area contributed by atoms with Crippen LogP contribution in [0.4, 0.5) is 0 Å². The van der Waals surface area contributed by atoms with Gasteiger partial charge in [0.15, 0.2) is 0 Å². The van der Waals surface area contributed by atoms with Gasteiger partial charge >= 0.3 is 5.97 Å². The van der Waals surface area contributed by atoms with E-state index in [4.69, 9.17) is 4.74 Å². The summed E-state index contributed by atoms with van der Waals surface area (Å²) in [7, 11) is 0. The number of hydrogen-bond donors (Lipinski definition) is 1. The smallest absolute Gasteiger partial charge is 0.338 e. The summed E-state index contributed by atoms with van der Waals surface area (Å²) in [5, 5.41) is 12.9. The SMILES string of the molecule is CCOC(=O)c1ccc(-n2c(-c3ccccc3)cc(C=C(C#N)C(=O)NCc3ccccc3)c2-c2ccccc2)cc1. The van der Waals surface area contributed by atoms with Gasteiger partial charge in [-0.15, -0.1) is 0 Å². The highest BCUT2D eigenvalue weighted by Crippen LogP contribution is 2.37. The normalized spacial score (nSPS) is 11.0. The van der Waals surface area contributed by atoms with Crippen molar-refractivity contribution in [2.75, 3.05) is 6.61 Å². The van der Waals surface area contributed by atoms with Gasteiger partial charge in [0.1, 0.15) is 11.6 Å². The van der Waals surface area contributed by atoms with Crippen LogP contribution >= 0.6 is 0 Å². The number of nitrogens with zero attached hydrogens (tertiary/aromatic N) is 2. The van der Waals surface area contributed by atoms with Crippen molar-refractivity contribution in [2.24, 2.45) is 0 Å². The Balaban J connectivity index is 1.66. The lowest BCUT2D eigenvalue weighted by Crippen LogP contribution is -2.23. The number of carbonyl (C=O) groups is 2. The van der Waals surface area contributed by atoms with Crippen molar-refractivity contribution in [3.05, 3.63) is 144 Å². The second-order valence-electron chi connectivity index (χ2n) is 9.51. The van der Waals surface area contributed by atoms with Gasteiger partial charge in [-0.05, 0) is 60.0 Å². The Kier molecular flexibility index (Phi) is 8.71. The van der Waals surface area contributed by atoms with Gasteiger partial charge in [-0.25, -0.2) is 4.79 Å². The van der Waals surface area contributed by atoms with Crippen molar-refractivity contribution in [2.45, 2.75) is 13.5 Å². The Morgan fingerprint density at radius 2 is 1.43 bits per heavy atom. The Morgan fingerprint density at radius 3 is 2.02 bits per heavy atom. The van der Waals surface area contributed by atoms with Crippen molar-refractivity contribution >= 4 is 18.0 Å². The summed E-state index contributed by atoms with van der Waals surface area (Å²) < 4.78 is 7.25. The Morgan fingerprint density at radius 1 is 0.833 bits per heavy atom. The molecule has 0 saturated heterocycles. The molecule has 1 heterocycles. The average Bonchev–Trinajstić information content (AvgIpc) is 3.43. The summed E-state index contributed by atoms with van der Waals surface area (Å²) in [5.74, 6) is -0.833. The van der Waals surface area contributed by atoms with E-state index in [1.165, 1.54) is 0 Å². The molecule has 1 amide bonds. The van der Waals surface area contributed by atoms with Crippen LogP contribution in [0.25, 0.3) is 34.3 Å². The summed E-state index contributed by atoms with van der Waals surface area (Å²) >= 11 is 0. The highest BCUT2D eigenvalue weighted by atomic mass is 16.5. The third-order valence-corrected chi connectivity index (χ3v) is 6.74. The third kappa shape index (κ3) is 6.22. The molecule has 42 heavy (non-hydrogen) atoms. The van der Waals surface area contributed by atoms with Crippen molar-refractivity contribution < 1.29 is 14.3 Å². The van der Waals surface area contributed by atoms with Crippen LogP contribution in [0, 0.1) is 11.3 Å². The van der Waals surface area contributed by atoms with Crippen LogP contribution in [0.1, 0.15) is 28.4 Å². The highest BCUT2D eigenvalue weighted by molar-refractivity contribution is 6.03. The zero-order valence-corrected chi connectivity index (χ0v) is 23.2. The first kappa shape index (κ1) is 27.9. The molecule has 0 atom stereocenters. The van der Waals surface area contributed by atoms with Gasteiger partial charge in [0.25, 0.3) is 5.91 Å². The molecule has 6 heteroatoms. The zero-order valence-electron chi connectivity index (χ0n) is 23.2. The van der Waals surface area contributed by atoms with E-state index in [0.29, 0.717) is 24.3 Å². The molecule has 6 nitrogen and oxygen atoms in total. The molecule has 0 spiro atoms. The summed E-state index contributed by atoms with van der Waals surface area (Å²) in [4.78, 5) is 25.5. The fourth-order valence-corrected chi connectivity index (χ4v) is 4.76. The van der Waals surface area contributed by atoms with Crippen molar-refractivity contribution in [1.29, 1.82) is 5.26 Å². The average molecular weight is 552 g/mol. The summed E-state index contributed by atoms with van der Waals surface area (Å²) in [5.41, 5.74) is 6.45. The standard InChI is InChI=1S/C36H29N3O3/c1-2-42-36(41)29-18-20-32(21-19-29)39-33(27-14-8-4-9-15-27)23-30(34(39)28-16-10-5-11-17-28)22-31(24-37)35(40)38-25-26-12-6-3-7-13-26/h3-23H,2,25H2,1H3,(H,38,40). The predicted octanol–water partition coefficient (Wildman–Crippen LogP) is 7.21. The molecule has 5 rings (SSSR count). The lowest BCUT2D eigenvalue weighted by molar-refractivity contribution is -0.117. The van der Waals surface area contributed by atoms with Crippen LogP contribution in [0.15, 0.2) is 127 Å². The first-order chi connectivity index (χ1) is 20.6. The van der Waals surface area contributed by atoms with Gasteiger partial charge in [0.2, 0.25) is 0 Å². The first-order valence-corrected chi connectivity index (χ1v) is 13.7. The van der Waals surface area contributed by atoms with E-state index < -0.39 is 5.91 Å². The van der Waals surface area contributed by atoms with Crippen molar-refractivity contribution in [1.82, 2.24) is 9.88 Å². The molecule has 0 aliphatic carbocycles. The minimum absolute atomic E-state index is 0.00228. The minimum Gasteiger partial charge on any atom is -0.462 e. The fourth-order valence-electron chi connectivity index (χ4n) is 4.76. The Labute approximate surface area is 245 Å². The van der Waals surface area contributed by atoms with Crippen LogP contribution in [0.5, 0.6) is 0 Å². The number of nitriles is 1. The van der Waals surface area contributed by atoms with Crippen LogP contribution in [-0.2, 0) is 16.1 Å². The van der Waals surface area contributed by atoms with E-state index >= 15 is 0 Å². The quantitative estimate of drug-likeness (QED) is 0.119. The number of aromatic nitrogens is 1. The molecule has 1 N–H and O–H groups in total. The van der Waals surface area contributed by atoms with Crippen molar-refractivity contribution in [3.63, 3.8) is 0 Å². The molecule has 206 valence electrons. The largest absolute Gasteiger partial charge is 0.462 e. The van der Waals surface area contributed by atoms with Gasteiger partial charge in [-0.2, -0.15) is 5.26 Å². The molecule has 0 unspecified atom stereocenters. The lowest BCUT2D eigenvalue weighted by atomic mass is 10.0. The second kappa shape index (κ2) is 13.1. The molecule has 0 bridgehead atoms. The maximum atomic E-state index is 13.1. The number of benzene rings is 4. The number of carbonyl (C=O) groups excluding carboxylic acids is 2. The Bertz CT molecular complexity index is 1750. The summed E-state index contributed by atoms with van der Waals surface area (Å²) in [6, 6.07) is 40.6. The summed E-state index contributed by atoms with van der Waals surface area (Å²) in [6.07, 6.45) is 1.64. The summed E-state index contributed by atoms with van der Waals surface area (Å²) in [6.45, 7) is 2.38. The number of ether oxygens (including phenoxy) is 1. The molecular weight excluding hydrogens is 522 g/mol. The van der Waals surface area contributed by atoms with Crippen LogP contribution in [-0.4, -0.2) is 23.1 Å². The molecule has 0 aliphatic heterocycles. The molecule has 0 aliphatic rings. The van der Waals surface area contributed by atoms with Gasteiger partial charge in [-0.3, -0.25) is 4.79 Å². The van der Waals surface area contributed by atoms with E-state index in [0.717, 1.165) is 33.8 Å².